The Balaban J connectivity index is 1.46. The number of carbonyl (C=O) groups excluding carboxylic acids is 1. The molecule has 2 heterocycles. The summed E-state index contributed by atoms with van der Waals surface area (Å²) >= 11 is 0. The van der Waals surface area contributed by atoms with Gasteiger partial charge in [0.05, 0.1) is 23.9 Å². The van der Waals surface area contributed by atoms with Crippen LogP contribution in [0.2, 0.25) is 0 Å². The van der Waals surface area contributed by atoms with Gasteiger partial charge in [-0.1, -0.05) is 53.2 Å². The van der Waals surface area contributed by atoms with Crippen molar-refractivity contribution in [2.24, 2.45) is 0 Å². The molecule has 5 rings (SSSR count). The Morgan fingerprint density at radius 2 is 1.78 bits per heavy atom. The lowest BCUT2D eigenvalue weighted by molar-refractivity contribution is 0.0666. The highest BCUT2D eigenvalue weighted by Crippen LogP contribution is 2.38. The highest BCUT2D eigenvalue weighted by atomic mass is 16.5. The van der Waals surface area contributed by atoms with Gasteiger partial charge in [0.1, 0.15) is 18.5 Å². The largest absolute Gasteiger partial charge is 0.493 e. The molecule has 7 nitrogen and oxygen atoms in total. The van der Waals surface area contributed by atoms with Crippen molar-refractivity contribution >= 4 is 11.6 Å². The molecule has 1 N–H and O–H groups in total. The van der Waals surface area contributed by atoms with Crippen molar-refractivity contribution in [3.8, 4) is 11.5 Å². The number of para-hydroxylation sites is 1. The number of carbonyl (C=O) groups is 1. The van der Waals surface area contributed by atoms with Crippen LogP contribution in [0, 0.1) is 20.8 Å². The third-order valence-electron chi connectivity index (χ3n) is 6.55. The number of hydrogen-bond donors (Lipinski definition) is 1. The van der Waals surface area contributed by atoms with Gasteiger partial charge in [-0.25, -0.2) is 0 Å². The summed E-state index contributed by atoms with van der Waals surface area (Å²) in [6.45, 7) is 6.60. The molecular weight excluding hydrogens is 454 g/mol. The van der Waals surface area contributed by atoms with E-state index in [1.54, 1.807) is 7.11 Å². The summed E-state index contributed by atoms with van der Waals surface area (Å²) in [7, 11) is 1.61. The third-order valence-corrected chi connectivity index (χ3v) is 6.55. The average molecular weight is 484 g/mol. The van der Waals surface area contributed by atoms with Gasteiger partial charge in [0, 0.05) is 12.2 Å². The maximum atomic E-state index is 13.6. The van der Waals surface area contributed by atoms with E-state index >= 15 is 0 Å². The van der Waals surface area contributed by atoms with E-state index in [0.717, 1.165) is 33.8 Å². The van der Waals surface area contributed by atoms with Crippen LogP contribution in [-0.4, -0.2) is 23.1 Å². The fraction of sp³-hybridized carbons (Fsp3) is 0.241. The zero-order valence-electron chi connectivity index (χ0n) is 20.9. The number of methoxy groups -OCH3 is 1. The minimum absolute atomic E-state index is 0.0207. The van der Waals surface area contributed by atoms with Crippen LogP contribution < -0.4 is 14.8 Å². The van der Waals surface area contributed by atoms with Gasteiger partial charge in [0.15, 0.2) is 11.5 Å². The van der Waals surface area contributed by atoms with Gasteiger partial charge >= 0.3 is 0 Å². The molecule has 3 aromatic carbocycles. The molecule has 1 atom stereocenters. The van der Waals surface area contributed by atoms with Gasteiger partial charge in [-0.3, -0.25) is 4.79 Å². The normalized spacial score (nSPS) is 14.8. The summed E-state index contributed by atoms with van der Waals surface area (Å²) in [5.74, 6) is 1.91. The van der Waals surface area contributed by atoms with Gasteiger partial charge in [-0.05, 0) is 56.2 Å². The van der Waals surface area contributed by atoms with Crippen LogP contribution >= 0.6 is 0 Å². The van der Waals surface area contributed by atoms with Crippen molar-refractivity contribution < 1.29 is 18.8 Å². The molecule has 0 saturated carbocycles. The van der Waals surface area contributed by atoms with Crippen molar-refractivity contribution in [3.05, 3.63) is 106 Å². The second-order valence-electron chi connectivity index (χ2n) is 9.01. The lowest BCUT2D eigenvalue weighted by Crippen LogP contribution is -2.42. The first-order valence-corrected chi connectivity index (χ1v) is 11.9. The molecule has 0 saturated heterocycles. The molecular formula is C29H29N3O4. The number of rotatable bonds is 7. The summed E-state index contributed by atoms with van der Waals surface area (Å²) in [5.41, 5.74) is 6.33. The van der Waals surface area contributed by atoms with Crippen LogP contribution in [0.1, 0.15) is 50.2 Å². The van der Waals surface area contributed by atoms with Gasteiger partial charge in [0.25, 0.3) is 5.91 Å². The highest BCUT2D eigenvalue weighted by Gasteiger charge is 2.33. The van der Waals surface area contributed by atoms with E-state index in [2.05, 4.69) is 41.7 Å². The first-order valence-electron chi connectivity index (χ1n) is 11.9. The molecule has 4 aromatic rings. The highest BCUT2D eigenvalue weighted by molar-refractivity contribution is 6.01. The Hall–Kier alpha value is -4.26. The number of aryl methyl sites for hydroxylation is 3. The van der Waals surface area contributed by atoms with E-state index in [1.165, 1.54) is 5.56 Å². The summed E-state index contributed by atoms with van der Waals surface area (Å²) in [6, 6.07) is 21.6. The summed E-state index contributed by atoms with van der Waals surface area (Å²) in [6.07, 6.45) is -0.376. The number of nitrogens with zero attached hydrogens (tertiary/aromatic N) is 2. The van der Waals surface area contributed by atoms with Crippen LogP contribution in [0.15, 0.2) is 71.3 Å². The molecule has 0 fully saturated rings. The van der Waals surface area contributed by atoms with E-state index in [9.17, 15) is 4.79 Å². The van der Waals surface area contributed by atoms with Crippen molar-refractivity contribution in [1.82, 2.24) is 10.1 Å². The van der Waals surface area contributed by atoms with Crippen molar-refractivity contribution in [2.75, 3.05) is 12.4 Å². The number of hydrogen-bond acceptors (Lipinski definition) is 6. The Bertz CT molecular complexity index is 1370. The monoisotopic (exact) mass is 483 g/mol. The van der Waals surface area contributed by atoms with Crippen molar-refractivity contribution in [3.63, 3.8) is 0 Å². The van der Waals surface area contributed by atoms with Crippen molar-refractivity contribution in [1.29, 1.82) is 0 Å². The first-order chi connectivity index (χ1) is 17.4. The number of benzene rings is 3. The van der Waals surface area contributed by atoms with Crippen LogP contribution in [-0.2, 0) is 13.2 Å². The van der Waals surface area contributed by atoms with E-state index in [1.807, 2.05) is 61.2 Å². The first kappa shape index (κ1) is 23.5. The molecule has 1 aromatic heterocycles. The fourth-order valence-electron chi connectivity index (χ4n) is 4.44. The second kappa shape index (κ2) is 9.77. The van der Waals surface area contributed by atoms with Crippen LogP contribution in [0.25, 0.3) is 0 Å². The maximum Gasteiger partial charge on any atom is 0.258 e. The van der Waals surface area contributed by atoms with E-state index in [-0.39, 0.29) is 12.1 Å². The lowest BCUT2D eigenvalue weighted by Gasteiger charge is -2.38. The molecule has 7 heteroatoms. The molecule has 1 aliphatic rings. The van der Waals surface area contributed by atoms with Gasteiger partial charge in [0.2, 0.25) is 0 Å². The van der Waals surface area contributed by atoms with Gasteiger partial charge < -0.3 is 24.2 Å². The minimum Gasteiger partial charge on any atom is -0.493 e. The standard InChI is InChI=1S/C29H29N3O4/c1-18-9-11-21(12-10-18)16-32-28(30-25-8-6-5-7-23(25)29(32)33)22-13-14-26(27(15-22)34-4)35-17-24-19(2)31-36-20(24)3/h5-15,28,30H,16-17H2,1-4H3. The Morgan fingerprint density at radius 3 is 2.50 bits per heavy atom. The van der Waals surface area contributed by atoms with Crippen LogP contribution in [0.3, 0.4) is 0 Å². The van der Waals surface area contributed by atoms with E-state index in [0.29, 0.717) is 30.2 Å². The summed E-state index contributed by atoms with van der Waals surface area (Å²) < 4.78 is 17.0. The Labute approximate surface area is 210 Å². The van der Waals surface area contributed by atoms with Gasteiger partial charge in [-0.15, -0.1) is 0 Å². The predicted molar refractivity (Wildman–Crippen MR) is 137 cm³/mol. The number of amides is 1. The molecule has 1 unspecified atom stereocenters. The molecule has 0 bridgehead atoms. The van der Waals surface area contributed by atoms with E-state index in [4.69, 9.17) is 14.0 Å². The minimum atomic E-state index is -0.376. The van der Waals surface area contributed by atoms with Gasteiger partial charge in [-0.2, -0.15) is 0 Å². The zero-order chi connectivity index (χ0) is 25.2. The number of fused-ring (bicyclic) bond motifs is 1. The molecule has 184 valence electrons. The topological polar surface area (TPSA) is 76.8 Å². The molecule has 1 amide bonds. The second-order valence-corrected chi connectivity index (χ2v) is 9.01. The maximum absolute atomic E-state index is 13.6. The van der Waals surface area contributed by atoms with Crippen LogP contribution in [0.5, 0.6) is 11.5 Å². The number of nitrogens with one attached hydrogen (secondary N) is 1. The Kier molecular flexibility index (Phi) is 6.38. The molecule has 1 aliphatic heterocycles. The van der Waals surface area contributed by atoms with Crippen LogP contribution in [0.4, 0.5) is 5.69 Å². The summed E-state index contributed by atoms with van der Waals surface area (Å²) in [5, 5.41) is 7.54. The SMILES string of the molecule is COc1cc(C2Nc3ccccc3C(=O)N2Cc2ccc(C)cc2)ccc1OCc1c(C)noc1C. The number of ether oxygens (including phenoxy) is 2. The molecule has 0 aliphatic carbocycles. The van der Waals surface area contributed by atoms with E-state index < -0.39 is 0 Å². The van der Waals surface area contributed by atoms with Crippen molar-refractivity contribution in [2.45, 2.75) is 40.1 Å². The predicted octanol–water partition coefficient (Wildman–Crippen LogP) is 5.95. The third kappa shape index (κ3) is 4.52. The molecule has 0 radical (unpaired) electrons. The quantitative estimate of drug-likeness (QED) is 0.350. The summed E-state index contributed by atoms with van der Waals surface area (Å²) in [4.78, 5) is 15.5. The lowest BCUT2D eigenvalue weighted by atomic mass is 10.0. The average Bonchev–Trinajstić information content (AvgIpc) is 3.22. The smallest absolute Gasteiger partial charge is 0.258 e. The zero-order valence-corrected chi connectivity index (χ0v) is 20.9. The number of anilines is 1. The fourth-order valence-corrected chi connectivity index (χ4v) is 4.44. The molecule has 36 heavy (non-hydrogen) atoms. The Morgan fingerprint density at radius 1 is 1.00 bits per heavy atom. The number of aromatic nitrogens is 1. The molecule has 0 spiro atoms.